The van der Waals surface area contributed by atoms with Crippen LogP contribution in [0.2, 0.25) is 0 Å². The number of aromatic amines is 1. The van der Waals surface area contributed by atoms with Crippen LogP contribution in [0.25, 0.3) is 11.0 Å². The molecule has 0 spiro atoms. The van der Waals surface area contributed by atoms with E-state index in [1.165, 1.54) is 0 Å². The third kappa shape index (κ3) is 1.91. The first-order chi connectivity index (χ1) is 8.83. The van der Waals surface area contributed by atoms with E-state index in [-0.39, 0.29) is 0 Å². The van der Waals surface area contributed by atoms with Gasteiger partial charge in [-0.3, -0.25) is 9.97 Å². The lowest BCUT2D eigenvalue weighted by Gasteiger charge is -2.07. The van der Waals surface area contributed by atoms with E-state index in [1.54, 1.807) is 24.7 Å². The van der Waals surface area contributed by atoms with Crippen molar-refractivity contribution in [2.75, 3.05) is 5.32 Å². The molecule has 3 heterocycles. The standard InChI is InChI=1S/C12H9N5O/c18-12-16-10-9(4-2-6-14-10)11(17-12)15-8-3-1-5-13-7-8/h1-7H,(H2,14,15,16,17,18). The molecule has 0 saturated heterocycles. The Morgan fingerprint density at radius 1 is 1.17 bits per heavy atom. The van der Waals surface area contributed by atoms with Gasteiger partial charge in [-0.2, -0.15) is 4.98 Å². The Morgan fingerprint density at radius 3 is 2.89 bits per heavy atom. The van der Waals surface area contributed by atoms with E-state index in [4.69, 9.17) is 0 Å². The zero-order valence-corrected chi connectivity index (χ0v) is 9.29. The van der Waals surface area contributed by atoms with Gasteiger partial charge in [0.05, 0.1) is 17.3 Å². The van der Waals surface area contributed by atoms with Gasteiger partial charge >= 0.3 is 5.69 Å². The molecule has 0 unspecified atom stereocenters. The molecule has 0 radical (unpaired) electrons. The molecule has 2 N–H and O–H groups in total. The molecule has 0 saturated carbocycles. The Hall–Kier alpha value is -2.76. The highest BCUT2D eigenvalue weighted by atomic mass is 16.1. The Morgan fingerprint density at radius 2 is 2.06 bits per heavy atom. The minimum atomic E-state index is -0.437. The Kier molecular flexibility index (Phi) is 2.45. The van der Waals surface area contributed by atoms with E-state index in [0.717, 1.165) is 11.1 Å². The number of fused-ring (bicyclic) bond motifs is 1. The zero-order valence-electron chi connectivity index (χ0n) is 9.29. The molecule has 3 aromatic heterocycles. The molecule has 0 fully saturated rings. The topological polar surface area (TPSA) is 83.6 Å². The van der Waals surface area contributed by atoms with Gasteiger partial charge in [-0.25, -0.2) is 9.78 Å². The first-order valence-corrected chi connectivity index (χ1v) is 5.35. The maximum atomic E-state index is 11.4. The molecule has 3 rings (SSSR count). The SMILES string of the molecule is O=c1nc2ncccc2c(Nc2cccnc2)[nH]1. The average Bonchev–Trinajstić information content (AvgIpc) is 2.40. The predicted molar refractivity (Wildman–Crippen MR) is 67.7 cm³/mol. The smallest absolute Gasteiger partial charge is 0.340 e. The van der Waals surface area contributed by atoms with E-state index in [0.29, 0.717) is 11.5 Å². The monoisotopic (exact) mass is 239 g/mol. The number of anilines is 2. The Labute approximate surface area is 102 Å². The van der Waals surface area contributed by atoms with Crippen molar-refractivity contribution < 1.29 is 0 Å². The summed E-state index contributed by atoms with van der Waals surface area (Å²) in [4.78, 5) is 25.9. The van der Waals surface area contributed by atoms with Crippen molar-refractivity contribution in [3.63, 3.8) is 0 Å². The summed E-state index contributed by atoms with van der Waals surface area (Å²) in [5.41, 5.74) is 0.754. The molecule has 6 nitrogen and oxygen atoms in total. The predicted octanol–water partition coefficient (Wildman–Crippen LogP) is 1.46. The van der Waals surface area contributed by atoms with E-state index in [9.17, 15) is 4.79 Å². The van der Waals surface area contributed by atoms with Gasteiger partial charge in [-0.1, -0.05) is 0 Å². The van der Waals surface area contributed by atoms with Gasteiger partial charge < -0.3 is 5.32 Å². The van der Waals surface area contributed by atoms with E-state index in [1.807, 2.05) is 18.2 Å². The fraction of sp³-hybridized carbons (Fsp3) is 0. The summed E-state index contributed by atoms with van der Waals surface area (Å²) < 4.78 is 0. The summed E-state index contributed by atoms with van der Waals surface area (Å²) in [7, 11) is 0. The van der Waals surface area contributed by atoms with Gasteiger partial charge in [0.15, 0.2) is 5.65 Å². The van der Waals surface area contributed by atoms with Crippen LogP contribution in [0.3, 0.4) is 0 Å². The number of hydrogen-bond donors (Lipinski definition) is 2. The van der Waals surface area contributed by atoms with Gasteiger partial charge in [-0.05, 0) is 24.3 Å². The molecule has 0 aliphatic rings. The second-order valence-corrected chi connectivity index (χ2v) is 3.66. The normalized spacial score (nSPS) is 10.4. The summed E-state index contributed by atoms with van der Waals surface area (Å²) in [6.45, 7) is 0. The number of H-pyrrole nitrogens is 1. The fourth-order valence-corrected chi connectivity index (χ4v) is 1.66. The molecule has 6 heteroatoms. The maximum absolute atomic E-state index is 11.4. The van der Waals surface area contributed by atoms with Crippen LogP contribution in [0.5, 0.6) is 0 Å². The molecule has 0 aliphatic carbocycles. The van der Waals surface area contributed by atoms with Crippen LogP contribution in [0.4, 0.5) is 11.5 Å². The lowest BCUT2D eigenvalue weighted by atomic mass is 10.3. The molecular formula is C12H9N5O. The van der Waals surface area contributed by atoms with Crippen LogP contribution < -0.4 is 11.0 Å². The average molecular weight is 239 g/mol. The van der Waals surface area contributed by atoms with Crippen molar-refractivity contribution in [1.82, 2.24) is 19.9 Å². The summed E-state index contributed by atoms with van der Waals surface area (Å²) in [5, 5.41) is 3.84. The summed E-state index contributed by atoms with van der Waals surface area (Å²) in [6, 6.07) is 7.29. The molecule has 0 bridgehead atoms. The van der Waals surface area contributed by atoms with E-state index >= 15 is 0 Å². The van der Waals surface area contributed by atoms with Gasteiger partial charge in [0.2, 0.25) is 0 Å². The Bertz CT molecular complexity index is 738. The van der Waals surface area contributed by atoms with Crippen molar-refractivity contribution in [3.8, 4) is 0 Å². The molecule has 0 atom stereocenters. The Balaban J connectivity index is 2.14. The lowest BCUT2D eigenvalue weighted by Crippen LogP contribution is -2.13. The highest BCUT2D eigenvalue weighted by molar-refractivity contribution is 5.87. The van der Waals surface area contributed by atoms with Crippen LogP contribution in [0.15, 0.2) is 47.7 Å². The number of pyridine rings is 2. The first kappa shape index (κ1) is 10.4. The van der Waals surface area contributed by atoms with Crippen molar-refractivity contribution in [1.29, 1.82) is 0 Å². The van der Waals surface area contributed by atoms with Crippen LogP contribution in [-0.2, 0) is 0 Å². The maximum Gasteiger partial charge on any atom is 0.348 e. The largest absolute Gasteiger partial charge is 0.348 e. The summed E-state index contributed by atoms with van der Waals surface area (Å²) >= 11 is 0. The van der Waals surface area contributed by atoms with Crippen molar-refractivity contribution in [2.24, 2.45) is 0 Å². The molecule has 88 valence electrons. The summed E-state index contributed by atoms with van der Waals surface area (Å²) in [5.74, 6) is 0.561. The van der Waals surface area contributed by atoms with Crippen LogP contribution in [0, 0.1) is 0 Å². The van der Waals surface area contributed by atoms with Gasteiger partial charge in [0, 0.05) is 12.4 Å². The fourth-order valence-electron chi connectivity index (χ4n) is 1.66. The molecule has 3 aromatic rings. The highest BCUT2D eigenvalue weighted by Crippen LogP contribution is 2.19. The van der Waals surface area contributed by atoms with Crippen LogP contribution >= 0.6 is 0 Å². The van der Waals surface area contributed by atoms with Gasteiger partial charge in [-0.15, -0.1) is 0 Å². The second kappa shape index (κ2) is 4.25. The summed E-state index contributed by atoms with van der Waals surface area (Å²) in [6.07, 6.45) is 4.95. The molecule has 0 amide bonds. The second-order valence-electron chi connectivity index (χ2n) is 3.66. The van der Waals surface area contributed by atoms with Gasteiger partial charge in [0.25, 0.3) is 0 Å². The molecule has 0 aromatic carbocycles. The third-order valence-corrected chi connectivity index (χ3v) is 2.43. The van der Waals surface area contributed by atoms with Crippen LogP contribution in [-0.4, -0.2) is 19.9 Å². The van der Waals surface area contributed by atoms with Crippen molar-refractivity contribution >= 4 is 22.5 Å². The highest BCUT2D eigenvalue weighted by Gasteiger charge is 2.05. The van der Waals surface area contributed by atoms with E-state index < -0.39 is 5.69 Å². The minimum Gasteiger partial charge on any atom is -0.340 e. The van der Waals surface area contributed by atoms with Crippen LogP contribution in [0.1, 0.15) is 0 Å². The molecular weight excluding hydrogens is 230 g/mol. The van der Waals surface area contributed by atoms with E-state index in [2.05, 4.69) is 25.3 Å². The van der Waals surface area contributed by atoms with Gasteiger partial charge in [0.1, 0.15) is 5.82 Å². The quantitative estimate of drug-likeness (QED) is 0.707. The lowest BCUT2D eigenvalue weighted by molar-refractivity contribution is 1.10. The number of aromatic nitrogens is 4. The molecule has 18 heavy (non-hydrogen) atoms. The first-order valence-electron chi connectivity index (χ1n) is 5.35. The minimum absolute atomic E-state index is 0.410. The third-order valence-electron chi connectivity index (χ3n) is 2.43. The number of rotatable bonds is 2. The number of nitrogens with zero attached hydrogens (tertiary/aromatic N) is 3. The molecule has 0 aliphatic heterocycles. The van der Waals surface area contributed by atoms with Crippen molar-refractivity contribution in [2.45, 2.75) is 0 Å². The van der Waals surface area contributed by atoms with Crippen molar-refractivity contribution in [3.05, 3.63) is 53.3 Å². The number of nitrogens with one attached hydrogen (secondary N) is 2. The number of hydrogen-bond acceptors (Lipinski definition) is 5. The zero-order chi connectivity index (χ0) is 12.4.